The highest BCUT2D eigenvalue weighted by molar-refractivity contribution is 5.91. The second kappa shape index (κ2) is 20.6. The first-order valence-electron chi connectivity index (χ1n) is 18.2. The van der Waals surface area contributed by atoms with E-state index in [0.29, 0.717) is 44.6 Å². The van der Waals surface area contributed by atoms with Gasteiger partial charge in [-0.3, -0.25) is 19.3 Å². The molecule has 1 heterocycles. The van der Waals surface area contributed by atoms with Gasteiger partial charge in [0.2, 0.25) is 17.7 Å². The van der Waals surface area contributed by atoms with Crippen LogP contribution < -0.4 is 10.6 Å². The van der Waals surface area contributed by atoms with Gasteiger partial charge >= 0.3 is 0 Å². The molecule has 0 radical (unpaired) electrons. The molecule has 1 aliphatic heterocycles. The fourth-order valence-corrected chi connectivity index (χ4v) is 6.92. The Morgan fingerprint density at radius 2 is 1.72 bits per heavy atom. The highest BCUT2D eigenvalue weighted by Crippen LogP contribution is 2.29. The Morgan fingerprint density at radius 3 is 2.36 bits per heavy atom. The third-order valence-electron chi connectivity index (χ3n) is 9.81. The zero-order valence-electron chi connectivity index (χ0n) is 29.4. The third-order valence-corrected chi connectivity index (χ3v) is 9.81. The molecule has 47 heavy (non-hydrogen) atoms. The summed E-state index contributed by atoms with van der Waals surface area (Å²) in [4.78, 5) is 45.1. The maximum atomic E-state index is 13.9. The van der Waals surface area contributed by atoms with E-state index in [9.17, 15) is 24.6 Å². The predicted molar refractivity (Wildman–Crippen MR) is 188 cm³/mol. The van der Waals surface area contributed by atoms with Crippen LogP contribution in [-0.2, 0) is 20.8 Å². The number of aliphatic hydroxyl groups excluding tert-OH is 2. The lowest BCUT2D eigenvalue weighted by Crippen LogP contribution is -2.56. The van der Waals surface area contributed by atoms with E-state index in [2.05, 4.69) is 27.7 Å². The monoisotopic (exact) mass is 654 g/mol. The number of nitrogens with one attached hydrogen (secondary N) is 2. The van der Waals surface area contributed by atoms with Crippen LogP contribution in [0.4, 0.5) is 0 Å². The van der Waals surface area contributed by atoms with Crippen molar-refractivity contribution in [3.8, 4) is 0 Å². The second-order valence-electron chi connectivity index (χ2n) is 14.4. The maximum Gasteiger partial charge on any atom is 0.242 e. The van der Waals surface area contributed by atoms with Crippen LogP contribution in [0.15, 0.2) is 42.5 Å². The van der Waals surface area contributed by atoms with Crippen LogP contribution in [0.5, 0.6) is 0 Å². The first-order valence-corrected chi connectivity index (χ1v) is 18.2. The molecular weight excluding hydrogens is 592 g/mol. The van der Waals surface area contributed by atoms with Crippen molar-refractivity contribution in [2.75, 3.05) is 33.2 Å². The molecule has 0 aromatic heterocycles. The minimum Gasteiger partial charge on any atom is -0.390 e. The molecule has 0 saturated heterocycles. The predicted octanol–water partition coefficient (Wildman–Crippen LogP) is 4.46. The Hall–Kier alpha value is -2.75. The number of carbonyl (C=O) groups excluding carboxylic acids is 3. The van der Waals surface area contributed by atoms with Crippen molar-refractivity contribution in [3.05, 3.63) is 48.0 Å². The van der Waals surface area contributed by atoms with E-state index < -0.39 is 30.2 Å². The summed E-state index contributed by atoms with van der Waals surface area (Å²) in [6.45, 7) is 9.19. The van der Waals surface area contributed by atoms with Crippen LogP contribution in [0.2, 0.25) is 0 Å². The molecule has 3 amide bonds. The normalized spacial score (nSPS) is 19.0. The summed E-state index contributed by atoms with van der Waals surface area (Å²) in [5, 5.41) is 28.1. The lowest BCUT2D eigenvalue weighted by Gasteiger charge is -2.34. The molecule has 9 heteroatoms. The zero-order valence-corrected chi connectivity index (χ0v) is 29.4. The SMILES string of the molecule is CCC[C@H](NC(=O)[C@@H](CC(=O)N(C)CCN1CC=CCC1)Cc1ccccc1)C(=O)N[C@@H](CC1CCCCC1)[C@@H](O)[C@@H](O)CC(C)C. The number of likely N-dealkylation sites (N-methyl/N-ethyl adjacent to an activating group) is 1. The Morgan fingerprint density at radius 1 is 1.00 bits per heavy atom. The van der Waals surface area contributed by atoms with Crippen LogP contribution in [0.3, 0.4) is 0 Å². The van der Waals surface area contributed by atoms with Crippen LogP contribution in [0.25, 0.3) is 0 Å². The van der Waals surface area contributed by atoms with Crippen LogP contribution >= 0.6 is 0 Å². The Labute approximate surface area is 283 Å². The Balaban J connectivity index is 1.71. The largest absolute Gasteiger partial charge is 0.390 e. The topological polar surface area (TPSA) is 122 Å². The summed E-state index contributed by atoms with van der Waals surface area (Å²) in [5.41, 5.74) is 0.953. The van der Waals surface area contributed by atoms with E-state index in [-0.39, 0.29) is 30.1 Å². The van der Waals surface area contributed by atoms with E-state index in [1.807, 2.05) is 51.1 Å². The van der Waals surface area contributed by atoms with Gasteiger partial charge in [0.15, 0.2) is 0 Å². The van der Waals surface area contributed by atoms with Crippen LogP contribution in [0.1, 0.15) is 97.0 Å². The van der Waals surface area contributed by atoms with Crippen molar-refractivity contribution in [1.82, 2.24) is 20.4 Å². The number of benzene rings is 1. The number of amides is 3. The summed E-state index contributed by atoms with van der Waals surface area (Å²) in [6, 6.07) is 8.25. The standard InChI is InChI=1S/C38H62N4O5/c1-5-15-32(38(47)40-33(26-30-18-11-7-12-19-30)36(45)34(43)24-28(2)3)39-37(46)31(25-29-16-9-6-10-17-29)27-35(44)41(4)22-23-42-20-13-8-14-21-42/h6,8-10,13,16-17,28,30-34,36,43,45H,5,7,11-12,14-15,18-27H2,1-4H3,(H,39,46)(H,40,47)/t31-,32+,33+,34+,36-/m1/s1. The molecule has 3 rings (SSSR count). The summed E-state index contributed by atoms with van der Waals surface area (Å²) >= 11 is 0. The molecule has 2 aliphatic rings. The smallest absolute Gasteiger partial charge is 0.242 e. The molecule has 1 fully saturated rings. The minimum atomic E-state index is -1.10. The van der Waals surface area contributed by atoms with E-state index in [1.165, 1.54) is 6.42 Å². The molecule has 9 nitrogen and oxygen atoms in total. The molecule has 1 aromatic carbocycles. The summed E-state index contributed by atoms with van der Waals surface area (Å²) in [7, 11) is 1.79. The average Bonchev–Trinajstić information content (AvgIpc) is 3.07. The molecular formula is C38H62N4O5. The van der Waals surface area contributed by atoms with Gasteiger partial charge in [-0.2, -0.15) is 0 Å². The second-order valence-corrected chi connectivity index (χ2v) is 14.4. The lowest BCUT2D eigenvalue weighted by atomic mass is 9.82. The van der Waals surface area contributed by atoms with Crippen molar-refractivity contribution in [3.63, 3.8) is 0 Å². The third kappa shape index (κ3) is 13.7. The quantitative estimate of drug-likeness (QED) is 0.164. The molecule has 1 saturated carbocycles. The summed E-state index contributed by atoms with van der Waals surface area (Å²) in [5.74, 6) is -0.848. The van der Waals surface area contributed by atoms with Gasteiger partial charge in [0.25, 0.3) is 0 Å². The number of aliphatic hydroxyl groups is 2. The fraction of sp³-hybridized carbons (Fsp3) is 0.711. The van der Waals surface area contributed by atoms with Gasteiger partial charge in [0.05, 0.1) is 18.1 Å². The van der Waals surface area contributed by atoms with Crippen molar-refractivity contribution >= 4 is 17.7 Å². The van der Waals surface area contributed by atoms with Crippen molar-refractivity contribution < 1.29 is 24.6 Å². The van der Waals surface area contributed by atoms with Crippen LogP contribution in [0, 0.1) is 17.8 Å². The van der Waals surface area contributed by atoms with Crippen LogP contribution in [-0.4, -0.2) is 95.3 Å². The average molecular weight is 655 g/mol. The van der Waals surface area contributed by atoms with Gasteiger partial charge in [-0.25, -0.2) is 0 Å². The zero-order chi connectivity index (χ0) is 34.2. The van der Waals surface area contributed by atoms with E-state index in [0.717, 1.165) is 57.3 Å². The Bertz CT molecular complexity index is 1110. The molecule has 0 unspecified atom stereocenters. The summed E-state index contributed by atoms with van der Waals surface area (Å²) in [6.07, 6.45) is 11.4. The minimum absolute atomic E-state index is 0.0437. The van der Waals surface area contributed by atoms with E-state index >= 15 is 0 Å². The first-order chi connectivity index (χ1) is 22.6. The number of carbonyl (C=O) groups is 3. The Kier molecular flexibility index (Phi) is 16.9. The highest BCUT2D eigenvalue weighted by Gasteiger charge is 2.34. The number of hydrogen-bond donors (Lipinski definition) is 4. The van der Waals surface area contributed by atoms with Crippen molar-refractivity contribution in [2.45, 2.75) is 122 Å². The first kappa shape index (κ1) is 38.7. The molecule has 0 bridgehead atoms. The summed E-state index contributed by atoms with van der Waals surface area (Å²) < 4.78 is 0. The van der Waals surface area contributed by atoms with Gasteiger partial charge < -0.3 is 25.7 Å². The number of hydrogen-bond acceptors (Lipinski definition) is 6. The van der Waals surface area contributed by atoms with Gasteiger partial charge in [-0.15, -0.1) is 0 Å². The van der Waals surface area contributed by atoms with Crippen molar-refractivity contribution in [2.24, 2.45) is 17.8 Å². The van der Waals surface area contributed by atoms with E-state index in [4.69, 9.17) is 0 Å². The highest BCUT2D eigenvalue weighted by atomic mass is 16.3. The number of rotatable bonds is 19. The van der Waals surface area contributed by atoms with Gasteiger partial charge in [0, 0.05) is 39.6 Å². The van der Waals surface area contributed by atoms with Gasteiger partial charge in [-0.1, -0.05) is 102 Å². The molecule has 0 spiro atoms. The van der Waals surface area contributed by atoms with E-state index in [1.54, 1.807) is 11.9 Å². The molecule has 4 N–H and O–H groups in total. The van der Waals surface area contributed by atoms with Crippen molar-refractivity contribution in [1.29, 1.82) is 0 Å². The lowest BCUT2D eigenvalue weighted by molar-refractivity contribution is -0.137. The molecule has 1 aromatic rings. The molecule has 1 aliphatic carbocycles. The van der Waals surface area contributed by atoms with Gasteiger partial charge in [-0.05, 0) is 49.5 Å². The fourth-order valence-electron chi connectivity index (χ4n) is 6.92. The number of nitrogens with zero attached hydrogens (tertiary/aromatic N) is 2. The molecule has 264 valence electrons. The van der Waals surface area contributed by atoms with Gasteiger partial charge in [0.1, 0.15) is 12.1 Å². The molecule has 5 atom stereocenters. The maximum absolute atomic E-state index is 13.9.